The molecule has 2 aromatic rings. The van der Waals surface area contributed by atoms with Crippen molar-refractivity contribution in [1.82, 2.24) is 4.98 Å². The van der Waals surface area contributed by atoms with Crippen molar-refractivity contribution in [2.75, 3.05) is 0 Å². The molecule has 0 aliphatic heterocycles. The summed E-state index contributed by atoms with van der Waals surface area (Å²) in [6.07, 6.45) is 1.48. The minimum atomic E-state index is -0.457. The number of nitrogens with zero attached hydrogens (tertiary/aromatic N) is 1. The van der Waals surface area contributed by atoms with Gasteiger partial charge in [0.15, 0.2) is 11.6 Å². The Morgan fingerprint density at radius 3 is 2.76 bits per heavy atom. The Hall–Kier alpha value is -1.46. The van der Waals surface area contributed by atoms with Gasteiger partial charge in [0.05, 0.1) is 6.61 Å². The maximum absolute atomic E-state index is 13.4. The SMILES string of the molecule is OCc1ccc(Oc2cc(Br)ccc2F)nc1. The first-order valence-electron chi connectivity index (χ1n) is 4.88. The summed E-state index contributed by atoms with van der Waals surface area (Å²) in [6.45, 7) is -0.0848. The standard InChI is InChI=1S/C12H9BrFNO2/c13-9-2-3-10(14)11(5-9)17-12-4-1-8(7-16)6-15-12/h1-6,16H,7H2. The molecular weight excluding hydrogens is 289 g/mol. The van der Waals surface area contributed by atoms with Crippen molar-refractivity contribution < 1.29 is 14.2 Å². The van der Waals surface area contributed by atoms with Crippen LogP contribution in [-0.4, -0.2) is 10.1 Å². The summed E-state index contributed by atoms with van der Waals surface area (Å²) in [6, 6.07) is 7.66. The number of benzene rings is 1. The summed E-state index contributed by atoms with van der Waals surface area (Å²) in [5.74, 6) is -0.0796. The Kier molecular flexibility index (Phi) is 3.71. The van der Waals surface area contributed by atoms with E-state index in [-0.39, 0.29) is 18.2 Å². The van der Waals surface area contributed by atoms with Crippen molar-refractivity contribution in [1.29, 1.82) is 0 Å². The smallest absolute Gasteiger partial charge is 0.219 e. The number of aliphatic hydroxyl groups is 1. The van der Waals surface area contributed by atoms with Gasteiger partial charge in [-0.3, -0.25) is 0 Å². The highest BCUT2D eigenvalue weighted by atomic mass is 79.9. The Bertz CT molecular complexity index is 516. The van der Waals surface area contributed by atoms with E-state index in [9.17, 15) is 4.39 Å². The second-order valence-corrected chi connectivity index (χ2v) is 4.26. The third-order valence-electron chi connectivity index (χ3n) is 2.09. The number of ether oxygens (including phenoxy) is 1. The lowest BCUT2D eigenvalue weighted by atomic mass is 10.3. The summed E-state index contributed by atoms with van der Waals surface area (Å²) in [7, 11) is 0. The first-order chi connectivity index (χ1) is 8.19. The number of halogens is 2. The molecule has 0 atom stereocenters. The van der Waals surface area contributed by atoms with E-state index >= 15 is 0 Å². The van der Waals surface area contributed by atoms with E-state index < -0.39 is 5.82 Å². The minimum absolute atomic E-state index is 0.0848. The van der Waals surface area contributed by atoms with Gasteiger partial charge < -0.3 is 9.84 Å². The topological polar surface area (TPSA) is 42.4 Å². The van der Waals surface area contributed by atoms with E-state index in [0.29, 0.717) is 5.56 Å². The third kappa shape index (κ3) is 3.01. The van der Waals surface area contributed by atoms with Crippen molar-refractivity contribution in [2.45, 2.75) is 6.61 Å². The molecule has 2 rings (SSSR count). The second kappa shape index (κ2) is 5.25. The predicted molar refractivity (Wildman–Crippen MR) is 64.3 cm³/mol. The molecule has 5 heteroatoms. The molecule has 0 aliphatic carbocycles. The molecule has 1 heterocycles. The van der Waals surface area contributed by atoms with Gasteiger partial charge in [0, 0.05) is 16.7 Å². The van der Waals surface area contributed by atoms with Crippen LogP contribution in [0.25, 0.3) is 0 Å². The zero-order valence-corrected chi connectivity index (χ0v) is 10.3. The van der Waals surface area contributed by atoms with E-state index in [1.54, 1.807) is 18.2 Å². The normalized spacial score (nSPS) is 10.3. The number of rotatable bonds is 3. The summed E-state index contributed by atoms with van der Waals surface area (Å²) in [5.41, 5.74) is 0.673. The van der Waals surface area contributed by atoms with Gasteiger partial charge in [0.2, 0.25) is 5.88 Å². The highest BCUT2D eigenvalue weighted by Gasteiger charge is 2.06. The quantitative estimate of drug-likeness (QED) is 0.945. The minimum Gasteiger partial charge on any atom is -0.436 e. The molecule has 0 fully saturated rings. The molecule has 1 N–H and O–H groups in total. The van der Waals surface area contributed by atoms with Crippen LogP contribution in [0.5, 0.6) is 11.6 Å². The van der Waals surface area contributed by atoms with Gasteiger partial charge in [-0.15, -0.1) is 0 Å². The lowest BCUT2D eigenvalue weighted by Crippen LogP contribution is -1.92. The first-order valence-corrected chi connectivity index (χ1v) is 5.67. The molecule has 17 heavy (non-hydrogen) atoms. The van der Waals surface area contributed by atoms with Crippen LogP contribution in [0.4, 0.5) is 4.39 Å². The van der Waals surface area contributed by atoms with E-state index in [1.165, 1.54) is 18.3 Å². The van der Waals surface area contributed by atoms with Crippen molar-refractivity contribution in [3.05, 3.63) is 52.4 Å². The van der Waals surface area contributed by atoms with Crippen LogP contribution < -0.4 is 4.74 Å². The average molecular weight is 298 g/mol. The zero-order valence-electron chi connectivity index (χ0n) is 8.73. The highest BCUT2D eigenvalue weighted by molar-refractivity contribution is 9.10. The van der Waals surface area contributed by atoms with Crippen LogP contribution in [0.2, 0.25) is 0 Å². The van der Waals surface area contributed by atoms with E-state index in [4.69, 9.17) is 9.84 Å². The van der Waals surface area contributed by atoms with Gasteiger partial charge in [-0.1, -0.05) is 15.9 Å². The Morgan fingerprint density at radius 2 is 2.12 bits per heavy atom. The summed E-state index contributed by atoms with van der Waals surface area (Å²) in [4.78, 5) is 3.95. The fourth-order valence-electron chi connectivity index (χ4n) is 1.23. The second-order valence-electron chi connectivity index (χ2n) is 3.34. The van der Waals surface area contributed by atoms with Crippen LogP contribution in [0, 0.1) is 5.82 Å². The van der Waals surface area contributed by atoms with Crippen molar-refractivity contribution in [3.8, 4) is 11.6 Å². The molecule has 0 bridgehead atoms. The molecule has 1 aromatic heterocycles. The lowest BCUT2D eigenvalue weighted by molar-refractivity contribution is 0.281. The number of aromatic nitrogens is 1. The number of hydrogen-bond acceptors (Lipinski definition) is 3. The van der Waals surface area contributed by atoms with Gasteiger partial charge in [-0.25, -0.2) is 9.37 Å². The predicted octanol–water partition coefficient (Wildman–Crippen LogP) is 3.27. The highest BCUT2D eigenvalue weighted by Crippen LogP contribution is 2.26. The molecule has 0 unspecified atom stereocenters. The monoisotopic (exact) mass is 297 g/mol. The summed E-state index contributed by atoms with van der Waals surface area (Å²) < 4.78 is 19.4. The average Bonchev–Trinajstić information content (AvgIpc) is 2.35. The molecule has 0 spiro atoms. The lowest BCUT2D eigenvalue weighted by Gasteiger charge is -2.06. The molecule has 0 aliphatic rings. The van der Waals surface area contributed by atoms with Gasteiger partial charge >= 0.3 is 0 Å². The van der Waals surface area contributed by atoms with Crippen LogP contribution >= 0.6 is 15.9 Å². The summed E-state index contributed by atoms with van der Waals surface area (Å²) in [5, 5.41) is 8.85. The molecule has 1 aromatic carbocycles. The van der Waals surface area contributed by atoms with Gasteiger partial charge in [0.25, 0.3) is 0 Å². The summed E-state index contributed by atoms with van der Waals surface area (Å²) >= 11 is 3.23. The number of pyridine rings is 1. The van der Waals surface area contributed by atoms with Crippen molar-refractivity contribution in [2.24, 2.45) is 0 Å². The van der Waals surface area contributed by atoms with Crippen LogP contribution in [0.15, 0.2) is 41.0 Å². The Morgan fingerprint density at radius 1 is 1.29 bits per heavy atom. The van der Waals surface area contributed by atoms with Gasteiger partial charge in [-0.05, 0) is 29.8 Å². The van der Waals surface area contributed by atoms with Crippen molar-refractivity contribution in [3.63, 3.8) is 0 Å². The Balaban J connectivity index is 2.22. The fourth-order valence-corrected chi connectivity index (χ4v) is 1.57. The molecule has 0 saturated carbocycles. The maximum atomic E-state index is 13.4. The van der Waals surface area contributed by atoms with Crippen LogP contribution in [0.1, 0.15) is 5.56 Å². The van der Waals surface area contributed by atoms with Crippen molar-refractivity contribution >= 4 is 15.9 Å². The zero-order chi connectivity index (χ0) is 12.3. The van der Waals surface area contributed by atoms with Gasteiger partial charge in [0.1, 0.15) is 0 Å². The molecule has 0 amide bonds. The fraction of sp³-hybridized carbons (Fsp3) is 0.0833. The van der Waals surface area contributed by atoms with Gasteiger partial charge in [-0.2, -0.15) is 0 Å². The van der Waals surface area contributed by atoms with Crippen LogP contribution in [0.3, 0.4) is 0 Å². The number of aliphatic hydroxyl groups excluding tert-OH is 1. The molecule has 0 saturated heterocycles. The van der Waals surface area contributed by atoms with E-state index in [1.807, 2.05) is 0 Å². The molecule has 3 nitrogen and oxygen atoms in total. The molecular formula is C12H9BrFNO2. The largest absolute Gasteiger partial charge is 0.436 e. The molecule has 88 valence electrons. The number of hydrogen-bond donors (Lipinski definition) is 1. The molecule has 0 radical (unpaired) electrons. The maximum Gasteiger partial charge on any atom is 0.219 e. The first kappa shape index (κ1) is 12.0. The van der Waals surface area contributed by atoms with E-state index in [0.717, 1.165) is 4.47 Å². The van der Waals surface area contributed by atoms with Crippen LogP contribution in [-0.2, 0) is 6.61 Å². The van der Waals surface area contributed by atoms with E-state index in [2.05, 4.69) is 20.9 Å². The Labute approximate surface area is 106 Å². The third-order valence-corrected chi connectivity index (χ3v) is 2.58.